The summed E-state index contributed by atoms with van der Waals surface area (Å²) in [5, 5.41) is 0. The number of nitrogens with two attached hydrogens (primary N) is 1. The predicted molar refractivity (Wildman–Crippen MR) is 71.1 cm³/mol. The summed E-state index contributed by atoms with van der Waals surface area (Å²) in [6.45, 7) is 4.15. The SMILES string of the molecule is CSCCCCCN=C(N)N1CCOCC1. The second-order valence-corrected chi connectivity index (χ2v) is 4.88. The van der Waals surface area contributed by atoms with Crippen molar-refractivity contribution >= 4 is 17.7 Å². The molecule has 0 unspecified atom stereocenters. The largest absolute Gasteiger partial charge is 0.378 e. The zero-order chi connectivity index (χ0) is 11.6. The van der Waals surface area contributed by atoms with E-state index in [0.29, 0.717) is 5.96 Å². The lowest BCUT2D eigenvalue weighted by Crippen LogP contribution is -2.44. The van der Waals surface area contributed by atoms with Gasteiger partial charge in [-0.2, -0.15) is 11.8 Å². The van der Waals surface area contributed by atoms with Gasteiger partial charge in [-0.15, -0.1) is 0 Å². The molecule has 0 aromatic rings. The molecule has 2 N–H and O–H groups in total. The van der Waals surface area contributed by atoms with Crippen molar-refractivity contribution in [1.82, 2.24) is 4.90 Å². The van der Waals surface area contributed by atoms with Crippen LogP contribution in [0.25, 0.3) is 0 Å². The third-order valence-electron chi connectivity index (χ3n) is 2.62. The minimum atomic E-state index is 0.688. The summed E-state index contributed by atoms with van der Waals surface area (Å²) in [6.07, 6.45) is 5.83. The minimum Gasteiger partial charge on any atom is -0.378 e. The van der Waals surface area contributed by atoms with Gasteiger partial charge in [0.15, 0.2) is 5.96 Å². The summed E-state index contributed by atoms with van der Waals surface area (Å²) in [7, 11) is 0. The number of rotatable bonds is 6. The molecule has 4 nitrogen and oxygen atoms in total. The van der Waals surface area contributed by atoms with Crippen LogP contribution in [0.5, 0.6) is 0 Å². The van der Waals surface area contributed by atoms with Crippen LogP contribution in [0.4, 0.5) is 0 Å². The molecule has 1 heterocycles. The average molecular weight is 245 g/mol. The molecule has 1 fully saturated rings. The van der Waals surface area contributed by atoms with E-state index in [0.717, 1.165) is 39.3 Å². The van der Waals surface area contributed by atoms with Crippen molar-refractivity contribution in [3.05, 3.63) is 0 Å². The fourth-order valence-corrected chi connectivity index (χ4v) is 2.11. The molecule has 1 aliphatic rings. The normalized spacial score (nSPS) is 17.8. The smallest absolute Gasteiger partial charge is 0.191 e. The molecular weight excluding hydrogens is 222 g/mol. The van der Waals surface area contributed by atoms with Gasteiger partial charge < -0.3 is 15.4 Å². The third-order valence-corrected chi connectivity index (χ3v) is 3.31. The van der Waals surface area contributed by atoms with Crippen molar-refractivity contribution in [2.75, 3.05) is 44.9 Å². The summed E-state index contributed by atoms with van der Waals surface area (Å²) >= 11 is 1.91. The number of thioether (sulfide) groups is 1. The number of aliphatic imine (C=N–C) groups is 1. The summed E-state index contributed by atoms with van der Waals surface area (Å²) in [5.41, 5.74) is 5.91. The average Bonchev–Trinajstić information content (AvgIpc) is 2.34. The van der Waals surface area contributed by atoms with Crippen LogP contribution in [0.15, 0.2) is 4.99 Å². The molecule has 0 aromatic heterocycles. The molecule has 16 heavy (non-hydrogen) atoms. The number of nitrogens with zero attached hydrogens (tertiary/aromatic N) is 2. The molecule has 1 aliphatic heterocycles. The lowest BCUT2D eigenvalue weighted by atomic mass is 10.2. The van der Waals surface area contributed by atoms with Crippen molar-refractivity contribution < 1.29 is 4.74 Å². The van der Waals surface area contributed by atoms with Gasteiger partial charge in [0.2, 0.25) is 0 Å². The second-order valence-electron chi connectivity index (χ2n) is 3.89. The Kier molecular flexibility index (Phi) is 7.42. The van der Waals surface area contributed by atoms with E-state index in [1.807, 2.05) is 11.8 Å². The third kappa shape index (κ3) is 5.61. The molecule has 0 aromatic carbocycles. The number of hydrogen-bond acceptors (Lipinski definition) is 3. The summed E-state index contributed by atoms with van der Waals surface area (Å²) in [6, 6.07) is 0. The molecule has 0 atom stereocenters. The Hall–Kier alpha value is -0.420. The highest BCUT2D eigenvalue weighted by Crippen LogP contribution is 2.02. The van der Waals surface area contributed by atoms with Crippen LogP contribution in [0.1, 0.15) is 19.3 Å². The zero-order valence-corrected chi connectivity index (χ0v) is 11.0. The number of morpholine rings is 1. The van der Waals surface area contributed by atoms with Crippen LogP contribution in [-0.4, -0.2) is 55.7 Å². The van der Waals surface area contributed by atoms with Crippen molar-refractivity contribution in [2.24, 2.45) is 10.7 Å². The van der Waals surface area contributed by atoms with Crippen LogP contribution in [-0.2, 0) is 4.74 Å². The van der Waals surface area contributed by atoms with E-state index >= 15 is 0 Å². The summed E-state index contributed by atoms with van der Waals surface area (Å²) in [4.78, 5) is 6.51. The molecule has 1 rings (SSSR count). The van der Waals surface area contributed by atoms with E-state index in [9.17, 15) is 0 Å². The van der Waals surface area contributed by atoms with Crippen LogP contribution >= 0.6 is 11.8 Å². The van der Waals surface area contributed by atoms with E-state index in [-0.39, 0.29) is 0 Å². The maximum Gasteiger partial charge on any atom is 0.191 e. The summed E-state index contributed by atoms with van der Waals surface area (Å²) in [5.74, 6) is 1.94. The van der Waals surface area contributed by atoms with E-state index in [4.69, 9.17) is 10.5 Å². The first-order valence-corrected chi connectivity index (χ1v) is 7.35. The van der Waals surface area contributed by atoms with E-state index in [2.05, 4.69) is 16.1 Å². The predicted octanol–water partition coefficient (Wildman–Crippen LogP) is 1.17. The lowest BCUT2D eigenvalue weighted by Gasteiger charge is -2.27. The van der Waals surface area contributed by atoms with Crippen molar-refractivity contribution in [1.29, 1.82) is 0 Å². The Balaban J connectivity index is 2.07. The zero-order valence-electron chi connectivity index (χ0n) is 10.2. The van der Waals surface area contributed by atoms with Crippen molar-refractivity contribution in [2.45, 2.75) is 19.3 Å². The number of guanidine groups is 1. The molecule has 94 valence electrons. The molecule has 0 spiro atoms. The summed E-state index contributed by atoms with van der Waals surface area (Å²) < 4.78 is 5.27. The molecular formula is C11H23N3OS. The van der Waals surface area contributed by atoms with Gasteiger partial charge in [0, 0.05) is 19.6 Å². The maximum absolute atomic E-state index is 5.91. The van der Waals surface area contributed by atoms with Crippen LogP contribution in [0.2, 0.25) is 0 Å². The van der Waals surface area contributed by atoms with Gasteiger partial charge in [0.25, 0.3) is 0 Å². The van der Waals surface area contributed by atoms with Gasteiger partial charge in [-0.3, -0.25) is 4.99 Å². The minimum absolute atomic E-state index is 0.688. The van der Waals surface area contributed by atoms with Crippen LogP contribution in [0, 0.1) is 0 Å². The number of ether oxygens (including phenoxy) is 1. The Morgan fingerprint density at radius 3 is 2.75 bits per heavy atom. The second kappa shape index (κ2) is 8.70. The van der Waals surface area contributed by atoms with E-state index < -0.39 is 0 Å². The first-order chi connectivity index (χ1) is 7.84. The molecule has 0 radical (unpaired) electrons. The van der Waals surface area contributed by atoms with Gasteiger partial charge >= 0.3 is 0 Å². The topological polar surface area (TPSA) is 50.8 Å². The van der Waals surface area contributed by atoms with Gasteiger partial charge in [-0.25, -0.2) is 0 Å². The fourth-order valence-electron chi connectivity index (χ4n) is 1.62. The van der Waals surface area contributed by atoms with Crippen molar-refractivity contribution in [3.8, 4) is 0 Å². The highest BCUT2D eigenvalue weighted by molar-refractivity contribution is 7.98. The van der Waals surface area contributed by atoms with Gasteiger partial charge in [-0.1, -0.05) is 6.42 Å². The first kappa shape index (κ1) is 13.6. The lowest BCUT2D eigenvalue weighted by molar-refractivity contribution is 0.0674. The molecule has 0 bridgehead atoms. The Labute approximate surface area is 103 Å². The standard InChI is InChI=1S/C11H23N3OS/c1-16-10-4-2-3-5-13-11(12)14-6-8-15-9-7-14/h2-10H2,1H3,(H2,12,13). The Morgan fingerprint density at radius 2 is 2.06 bits per heavy atom. The highest BCUT2D eigenvalue weighted by atomic mass is 32.2. The Morgan fingerprint density at radius 1 is 1.31 bits per heavy atom. The van der Waals surface area contributed by atoms with Gasteiger partial charge in [0.05, 0.1) is 13.2 Å². The fraction of sp³-hybridized carbons (Fsp3) is 0.909. The van der Waals surface area contributed by atoms with Gasteiger partial charge in [0.1, 0.15) is 0 Å². The maximum atomic E-state index is 5.91. The number of hydrogen-bond donors (Lipinski definition) is 1. The Bertz CT molecular complexity index is 205. The van der Waals surface area contributed by atoms with Crippen LogP contribution < -0.4 is 5.73 Å². The molecule has 0 amide bonds. The van der Waals surface area contributed by atoms with Crippen LogP contribution in [0.3, 0.4) is 0 Å². The molecule has 1 saturated heterocycles. The van der Waals surface area contributed by atoms with Gasteiger partial charge in [-0.05, 0) is 24.9 Å². The van der Waals surface area contributed by atoms with E-state index in [1.54, 1.807) is 0 Å². The molecule has 5 heteroatoms. The first-order valence-electron chi connectivity index (χ1n) is 5.96. The highest BCUT2D eigenvalue weighted by Gasteiger charge is 2.11. The number of unbranched alkanes of at least 4 members (excludes halogenated alkanes) is 2. The van der Waals surface area contributed by atoms with Crippen molar-refractivity contribution in [3.63, 3.8) is 0 Å². The van der Waals surface area contributed by atoms with E-state index in [1.165, 1.54) is 18.6 Å². The monoisotopic (exact) mass is 245 g/mol. The molecule has 0 saturated carbocycles. The quantitative estimate of drug-likeness (QED) is 0.433. The molecule has 0 aliphatic carbocycles.